The summed E-state index contributed by atoms with van der Waals surface area (Å²) in [7, 11) is 2.95. The Kier molecular flexibility index (Phi) is 5.65. The molecule has 7 heteroatoms. The molecule has 0 saturated carbocycles. The first-order valence-corrected chi connectivity index (χ1v) is 7.33. The zero-order valence-electron chi connectivity index (χ0n) is 13.4. The van der Waals surface area contributed by atoms with E-state index in [0.29, 0.717) is 33.5 Å². The number of halogens is 1. The average Bonchev–Trinajstić information content (AvgIpc) is 2.56. The molecule has 0 fully saturated rings. The van der Waals surface area contributed by atoms with Crippen LogP contribution in [0.2, 0.25) is 5.02 Å². The molecule has 0 unspecified atom stereocenters. The van der Waals surface area contributed by atoms with Gasteiger partial charge in [-0.15, -0.1) is 0 Å². The largest absolute Gasteiger partial charge is 0.495 e. The second-order valence-electron chi connectivity index (χ2n) is 4.76. The van der Waals surface area contributed by atoms with E-state index in [0.717, 1.165) is 0 Å². The number of esters is 1. The maximum Gasteiger partial charge on any atom is 0.308 e. The van der Waals surface area contributed by atoms with Crippen LogP contribution < -0.4 is 19.5 Å². The Balaban J connectivity index is 2.21. The Morgan fingerprint density at radius 1 is 1.00 bits per heavy atom. The van der Waals surface area contributed by atoms with E-state index in [1.807, 2.05) is 0 Å². The highest BCUT2D eigenvalue weighted by atomic mass is 35.5. The highest BCUT2D eigenvalue weighted by molar-refractivity contribution is 6.32. The number of nitrogens with one attached hydrogen (secondary N) is 1. The van der Waals surface area contributed by atoms with Crippen molar-refractivity contribution >= 4 is 29.2 Å². The normalized spacial score (nSPS) is 10.0. The first kappa shape index (κ1) is 17.6. The molecule has 0 aliphatic heterocycles. The number of carbonyl (C=O) groups is 2. The zero-order valence-corrected chi connectivity index (χ0v) is 14.1. The molecule has 2 aromatic rings. The van der Waals surface area contributed by atoms with E-state index in [2.05, 4.69) is 5.32 Å². The van der Waals surface area contributed by atoms with Crippen molar-refractivity contribution in [1.29, 1.82) is 0 Å². The molecular weight excluding hydrogens is 334 g/mol. The lowest BCUT2D eigenvalue weighted by Gasteiger charge is -2.13. The standard InChI is InChI=1S/C17H16ClNO5/c1-10(20)24-12-6-4-11(5-7-12)17(21)19-14-9-15(22-2)13(18)8-16(14)23-3/h4-9H,1-3H3,(H,19,21). The molecule has 6 nitrogen and oxygen atoms in total. The van der Waals surface area contributed by atoms with Crippen molar-refractivity contribution in [2.75, 3.05) is 19.5 Å². The summed E-state index contributed by atoms with van der Waals surface area (Å²) in [4.78, 5) is 23.2. The molecule has 2 rings (SSSR count). The van der Waals surface area contributed by atoms with Crippen molar-refractivity contribution in [3.05, 3.63) is 47.0 Å². The molecule has 0 spiro atoms. The second kappa shape index (κ2) is 7.70. The Bertz CT molecular complexity index is 758. The molecular formula is C17H16ClNO5. The Hall–Kier alpha value is -2.73. The van der Waals surface area contributed by atoms with Gasteiger partial charge in [0.25, 0.3) is 5.91 Å². The summed E-state index contributed by atoms with van der Waals surface area (Å²) in [6.45, 7) is 1.31. The first-order chi connectivity index (χ1) is 11.4. The zero-order chi connectivity index (χ0) is 17.7. The van der Waals surface area contributed by atoms with Gasteiger partial charge in [0.2, 0.25) is 0 Å². The van der Waals surface area contributed by atoms with E-state index in [-0.39, 0.29) is 5.91 Å². The van der Waals surface area contributed by atoms with Gasteiger partial charge >= 0.3 is 5.97 Å². The molecule has 0 radical (unpaired) electrons. The van der Waals surface area contributed by atoms with Crippen LogP contribution in [0.4, 0.5) is 5.69 Å². The van der Waals surface area contributed by atoms with Crippen molar-refractivity contribution in [3.8, 4) is 17.2 Å². The van der Waals surface area contributed by atoms with Crippen molar-refractivity contribution in [2.24, 2.45) is 0 Å². The third kappa shape index (κ3) is 4.17. The molecule has 0 aliphatic rings. The van der Waals surface area contributed by atoms with E-state index >= 15 is 0 Å². The van der Waals surface area contributed by atoms with Gasteiger partial charge in [0.05, 0.1) is 24.9 Å². The minimum absolute atomic E-state index is 0.355. The molecule has 0 aliphatic carbocycles. The summed E-state index contributed by atoms with van der Waals surface area (Å²) in [5.74, 6) is 0.408. The van der Waals surface area contributed by atoms with Gasteiger partial charge in [0.1, 0.15) is 17.2 Å². The summed E-state index contributed by atoms with van der Waals surface area (Å²) in [5.41, 5.74) is 0.815. The summed E-state index contributed by atoms with van der Waals surface area (Å²) in [6.07, 6.45) is 0. The highest BCUT2D eigenvalue weighted by Gasteiger charge is 2.14. The number of rotatable bonds is 5. The van der Waals surface area contributed by atoms with Crippen LogP contribution in [0.5, 0.6) is 17.2 Å². The van der Waals surface area contributed by atoms with Crippen molar-refractivity contribution in [1.82, 2.24) is 0 Å². The fourth-order valence-corrected chi connectivity index (χ4v) is 2.22. The maximum absolute atomic E-state index is 12.4. The van der Waals surface area contributed by atoms with E-state index in [1.165, 1.54) is 33.3 Å². The van der Waals surface area contributed by atoms with Gasteiger partial charge in [-0.2, -0.15) is 0 Å². The van der Waals surface area contributed by atoms with Crippen LogP contribution in [0.15, 0.2) is 36.4 Å². The summed E-state index contributed by atoms with van der Waals surface area (Å²) < 4.78 is 15.3. The first-order valence-electron chi connectivity index (χ1n) is 6.96. The van der Waals surface area contributed by atoms with Crippen molar-refractivity contribution in [2.45, 2.75) is 6.92 Å². The van der Waals surface area contributed by atoms with Gasteiger partial charge in [-0.05, 0) is 24.3 Å². The van der Waals surface area contributed by atoms with Gasteiger partial charge in [-0.1, -0.05) is 11.6 Å². The topological polar surface area (TPSA) is 73.9 Å². The Morgan fingerprint density at radius 2 is 1.62 bits per heavy atom. The lowest BCUT2D eigenvalue weighted by Crippen LogP contribution is -2.13. The van der Waals surface area contributed by atoms with Crippen LogP contribution in [0.3, 0.4) is 0 Å². The number of amides is 1. The third-order valence-electron chi connectivity index (χ3n) is 3.10. The predicted octanol–water partition coefficient (Wildman–Crippen LogP) is 3.53. The third-order valence-corrected chi connectivity index (χ3v) is 3.40. The molecule has 0 aromatic heterocycles. The number of hydrogen-bond acceptors (Lipinski definition) is 5. The van der Waals surface area contributed by atoms with Crippen LogP contribution in [0.1, 0.15) is 17.3 Å². The van der Waals surface area contributed by atoms with Crippen molar-refractivity contribution < 1.29 is 23.8 Å². The van der Waals surface area contributed by atoms with Gasteiger partial charge in [0, 0.05) is 24.6 Å². The lowest BCUT2D eigenvalue weighted by molar-refractivity contribution is -0.131. The van der Waals surface area contributed by atoms with Gasteiger partial charge < -0.3 is 19.5 Å². The summed E-state index contributed by atoms with van der Waals surface area (Å²) in [5, 5.41) is 3.10. The van der Waals surface area contributed by atoms with Crippen LogP contribution in [-0.2, 0) is 4.79 Å². The Morgan fingerprint density at radius 3 is 2.17 bits per heavy atom. The molecule has 0 heterocycles. The number of hydrogen-bond donors (Lipinski definition) is 1. The van der Waals surface area contributed by atoms with Crippen molar-refractivity contribution in [3.63, 3.8) is 0 Å². The highest BCUT2D eigenvalue weighted by Crippen LogP contribution is 2.36. The predicted molar refractivity (Wildman–Crippen MR) is 90.3 cm³/mol. The molecule has 0 saturated heterocycles. The van der Waals surface area contributed by atoms with Gasteiger partial charge in [-0.25, -0.2) is 0 Å². The molecule has 2 aromatic carbocycles. The van der Waals surface area contributed by atoms with Crippen LogP contribution in [-0.4, -0.2) is 26.1 Å². The number of methoxy groups -OCH3 is 2. The number of anilines is 1. The van der Waals surface area contributed by atoms with E-state index in [9.17, 15) is 9.59 Å². The average molecular weight is 350 g/mol. The second-order valence-corrected chi connectivity index (χ2v) is 5.17. The molecule has 0 bridgehead atoms. The number of benzene rings is 2. The lowest BCUT2D eigenvalue weighted by atomic mass is 10.2. The number of ether oxygens (including phenoxy) is 3. The molecule has 0 atom stereocenters. The maximum atomic E-state index is 12.4. The van der Waals surface area contributed by atoms with E-state index in [1.54, 1.807) is 24.3 Å². The summed E-state index contributed by atoms with van der Waals surface area (Å²) >= 11 is 6.03. The fraction of sp³-hybridized carbons (Fsp3) is 0.176. The quantitative estimate of drug-likeness (QED) is 0.660. The molecule has 1 N–H and O–H groups in total. The molecule has 1 amide bonds. The van der Waals surface area contributed by atoms with Crippen LogP contribution in [0, 0.1) is 0 Å². The van der Waals surface area contributed by atoms with Gasteiger partial charge in [-0.3, -0.25) is 9.59 Å². The minimum atomic E-state index is -0.426. The minimum Gasteiger partial charge on any atom is -0.495 e. The Labute approximate surface area is 144 Å². The molecule has 126 valence electrons. The smallest absolute Gasteiger partial charge is 0.308 e. The summed E-state index contributed by atoms with van der Waals surface area (Å²) in [6, 6.07) is 9.30. The monoisotopic (exact) mass is 349 g/mol. The van der Waals surface area contributed by atoms with E-state index in [4.69, 9.17) is 25.8 Å². The van der Waals surface area contributed by atoms with E-state index < -0.39 is 5.97 Å². The molecule has 24 heavy (non-hydrogen) atoms. The number of carbonyl (C=O) groups excluding carboxylic acids is 2. The van der Waals surface area contributed by atoms with Crippen LogP contribution >= 0.6 is 11.6 Å². The fourth-order valence-electron chi connectivity index (χ4n) is 1.99. The SMILES string of the molecule is COc1cc(NC(=O)c2ccc(OC(C)=O)cc2)c(OC)cc1Cl. The van der Waals surface area contributed by atoms with Crippen LogP contribution in [0.25, 0.3) is 0 Å². The van der Waals surface area contributed by atoms with Gasteiger partial charge in [0.15, 0.2) is 0 Å².